The van der Waals surface area contributed by atoms with Crippen molar-refractivity contribution in [1.29, 1.82) is 0 Å². The summed E-state index contributed by atoms with van der Waals surface area (Å²) in [4.78, 5) is 11.4. The molecule has 118 valence electrons. The van der Waals surface area contributed by atoms with Crippen LogP contribution in [0.3, 0.4) is 0 Å². The Labute approximate surface area is 138 Å². The third-order valence-corrected chi connectivity index (χ3v) is 3.51. The standard InChI is InChI=1S/C21H22O2/c1-4-23-21(22)7-5-6-20(18-12-8-16(2)9-13-18)19-14-10-17(3)11-15-19/h5-15H,4H2,1-3H3/b7-5+. The number of aryl methyl sites for hydroxylation is 2. The van der Waals surface area contributed by atoms with Gasteiger partial charge in [-0.1, -0.05) is 71.8 Å². The van der Waals surface area contributed by atoms with E-state index in [1.54, 1.807) is 13.0 Å². The van der Waals surface area contributed by atoms with Crippen LogP contribution in [-0.4, -0.2) is 12.6 Å². The summed E-state index contributed by atoms with van der Waals surface area (Å²) >= 11 is 0. The van der Waals surface area contributed by atoms with Crippen LogP contribution >= 0.6 is 0 Å². The van der Waals surface area contributed by atoms with E-state index in [1.807, 2.05) is 6.08 Å². The summed E-state index contributed by atoms with van der Waals surface area (Å²) in [5.74, 6) is -0.323. The minimum Gasteiger partial charge on any atom is -0.463 e. The van der Waals surface area contributed by atoms with Crippen LogP contribution in [0.4, 0.5) is 0 Å². The second-order valence-corrected chi connectivity index (χ2v) is 5.42. The monoisotopic (exact) mass is 306 g/mol. The first-order valence-electron chi connectivity index (χ1n) is 7.79. The molecule has 0 amide bonds. The van der Waals surface area contributed by atoms with Gasteiger partial charge < -0.3 is 4.74 Å². The van der Waals surface area contributed by atoms with Gasteiger partial charge in [0.1, 0.15) is 0 Å². The molecule has 2 aromatic carbocycles. The summed E-state index contributed by atoms with van der Waals surface area (Å²) in [6, 6.07) is 16.7. The first-order valence-corrected chi connectivity index (χ1v) is 7.79. The highest BCUT2D eigenvalue weighted by Gasteiger charge is 2.04. The number of rotatable bonds is 5. The van der Waals surface area contributed by atoms with Gasteiger partial charge in [0, 0.05) is 6.08 Å². The molecular formula is C21H22O2. The molecule has 0 aliphatic rings. The Morgan fingerprint density at radius 1 is 0.913 bits per heavy atom. The molecule has 0 atom stereocenters. The second-order valence-electron chi connectivity index (χ2n) is 5.42. The van der Waals surface area contributed by atoms with Crippen LogP contribution in [-0.2, 0) is 9.53 Å². The highest BCUT2D eigenvalue weighted by atomic mass is 16.5. The summed E-state index contributed by atoms with van der Waals surface area (Å²) in [6.45, 7) is 6.32. The molecule has 0 aliphatic carbocycles. The molecule has 0 heterocycles. The maximum Gasteiger partial charge on any atom is 0.330 e. The summed E-state index contributed by atoms with van der Waals surface area (Å²) in [6.07, 6.45) is 5.14. The van der Waals surface area contributed by atoms with Gasteiger partial charge in [0.25, 0.3) is 0 Å². The van der Waals surface area contributed by atoms with Gasteiger partial charge >= 0.3 is 5.97 Å². The van der Waals surface area contributed by atoms with Crippen LogP contribution in [0.25, 0.3) is 5.57 Å². The van der Waals surface area contributed by atoms with E-state index in [4.69, 9.17) is 4.74 Å². The Bertz CT molecular complexity index is 657. The van der Waals surface area contributed by atoms with Crippen LogP contribution < -0.4 is 0 Å². The molecule has 0 unspecified atom stereocenters. The maximum absolute atomic E-state index is 11.4. The minimum absolute atomic E-state index is 0.323. The van der Waals surface area contributed by atoms with Gasteiger partial charge in [0.15, 0.2) is 0 Å². The SMILES string of the molecule is CCOC(=O)/C=C/C=C(c1ccc(C)cc1)c1ccc(C)cc1. The lowest BCUT2D eigenvalue weighted by Crippen LogP contribution is -1.98. The number of benzene rings is 2. The van der Waals surface area contributed by atoms with Crippen molar-refractivity contribution in [3.63, 3.8) is 0 Å². The lowest BCUT2D eigenvalue weighted by Gasteiger charge is -2.09. The Morgan fingerprint density at radius 3 is 1.83 bits per heavy atom. The van der Waals surface area contributed by atoms with Gasteiger partial charge in [-0.2, -0.15) is 0 Å². The lowest BCUT2D eigenvalue weighted by atomic mass is 9.96. The molecule has 0 spiro atoms. The predicted octanol–water partition coefficient (Wildman–Crippen LogP) is 4.85. The maximum atomic E-state index is 11.4. The Morgan fingerprint density at radius 2 is 1.39 bits per heavy atom. The van der Waals surface area contributed by atoms with E-state index in [2.05, 4.69) is 62.4 Å². The third-order valence-electron chi connectivity index (χ3n) is 3.51. The van der Waals surface area contributed by atoms with E-state index in [0.717, 1.165) is 16.7 Å². The summed E-state index contributed by atoms with van der Waals surface area (Å²) in [7, 11) is 0. The van der Waals surface area contributed by atoms with Crippen LogP contribution in [0.5, 0.6) is 0 Å². The van der Waals surface area contributed by atoms with Crippen molar-refractivity contribution in [3.8, 4) is 0 Å². The highest BCUT2D eigenvalue weighted by molar-refractivity contribution is 5.85. The van der Waals surface area contributed by atoms with E-state index in [0.29, 0.717) is 6.61 Å². The van der Waals surface area contributed by atoms with Crippen molar-refractivity contribution in [3.05, 3.63) is 89.0 Å². The van der Waals surface area contributed by atoms with E-state index in [1.165, 1.54) is 17.2 Å². The van der Waals surface area contributed by atoms with Crippen LogP contribution in [0.1, 0.15) is 29.2 Å². The van der Waals surface area contributed by atoms with E-state index >= 15 is 0 Å². The predicted molar refractivity (Wildman–Crippen MR) is 95.2 cm³/mol. The zero-order valence-corrected chi connectivity index (χ0v) is 13.9. The molecule has 0 saturated heterocycles. The minimum atomic E-state index is -0.323. The Kier molecular flexibility index (Phi) is 5.93. The van der Waals surface area contributed by atoms with E-state index in [9.17, 15) is 4.79 Å². The summed E-state index contributed by atoms with van der Waals surface area (Å²) in [5, 5.41) is 0. The molecule has 0 N–H and O–H groups in total. The zero-order chi connectivity index (χ0) is 16.7. The number of hydrogen-bond acceptors (Lipinski definition) is 2. The van der Waals surface area contributed by atoms with Crippen molar-refractivity contribution in [1.82, 2.24) is 0 Å². The lowest BCUT2D eigenvalue weighted by molar-refractivity contribution is -0.137. The van der Waals surface area contributed by atoms with Crippen molar-refractivity contribution in [2.45, 2.75) is 20.8 Å². The van der Waals surface area contributed by atoms with Crippen LogP contribution in [0.2, 0.25) is 0 Å². The molecule has 23 heavy (non-hydrogen) atoms. The van der Waals surface area contributed by atoms with Crippen molar-refractivity contribution >= 4 is 11.5 Å². The molecule has 2 heteroatoms. The van der Waals surface area contributed by atoms with Gasteiger partial charge in [0.2, 0.25) is 0 Å². The zero-order valence-electron chi connectivity index (χ0n) is 13.9. The molecule has 2 nitrogen and oxygen atoms in total. The molecule has 0 aliphatic heterocycles. The Hall–Kier alpha value is -2.61. The third kappa shape index (κ3) is 4.96. The molecule has 0 saturated carbocycles. The fourth-order valence-electron chi connectivity index (χ4n) is 2.24. The number of carbonyl (C=O) groups is 1. The smallest absolute Gasteiger partial charge is 0.330 e. The van der Waals surface area contributed by atoms with Gasteiger partial charge in [-0.05, 0) is 37.5 Å². The second kappa shape index (κ2) is 8.14. The number of ether oxygens (including phenoxy) is 1. The van der Waals surface area contributed by atoms with Crippen LogP contribution in [0.15, 0.2) is 66.8 Å². The van der Waals surface area contributed by atoms with E-state index in [-0.39, 0.29) is 5.97 Å². The number of hydrogen-bond donors (Lipinski definition) is 0. The topological polar surface area (TPSA) is 26.3 Å². The average molecular weight is 306 g/mol. The molecule has 0 aromatic heterocycles. The average Bonchev–Trinajstić information content (AvgIpc) is 2.54. The molecular weight excluding hydrogens is 284 g/mol. The highest BCUT2D eigenvalue weighted by Crippen LogP contribution is 2.24. The fourth-order valence-corrected chi connectivity index (χ4v) is 2.24. The first kappa shape index (κ1) is 16.8. The van der Waals surface area contributed by atoms with E-state index < -0.39 is 0 Å². The summed E-state index contributed by atoms with van der Waals surface area (Å²) < 4.78 is 4.91. The van der Waals surface area contributed by atoms with Crippen LogP contribution in [0, 0.1) is 13.8 Å². The largest absolute Gasteiger partial charge is 0.463 e. The summed E-state index contributed by atoms with van der Waals surface area (Å²) in [5.41, 5.74) is 5.75. The van der Waals surface area contributed by atoms with Gasteiger partial charge in [-0.25, -0.2) is 4.79 Å². The molecule has 0 radical (unpaired) electrons. The number of allylic oxidation sites excluding steroid dienone is 2. The molecule has 0 fully saturated rings. The fraction of sp³-hybridized carbons (Fsp3) is 0.190. The van der Waals surface area contributed by atoms with Gasteiger partial charge in [0.05, 0.1) is 6.61 Å². The number of esters is 1. The molecule has 2 aromatic rings. The van der Waals surface area contributed by atoms with Crippen molar-refractivity contribution < 1.29 is 9.53 Å². The number of carbonyl (C=O) groups excluding carboxylic acids is 1. The van der Waals surface area contributed by atoms with Gasteiger partial charge in [-0.15, -0.1) is 0 Å². The first-order chi connectivity index (χ1) is 11.1. The molecule has 0 bridgehead atoms. The molecule has 2 rings (SSSR count). The quantitative estimate of drug-likeness (QED) is 0.448. The normalized spacial score (nSPS) is 10.6. The van der Waals surface area contributed by atoms with Gasteiger partial charge in [-0.3, -0.25) is 0 Å². The Balaban J connectivity index is 2.36. The van der Waals surface area contributed by atoms with Crippen molar-refractivity contribution in [2.24, 2.45) is 0 Å². The van der Waals surface area contributed by atoms with Crippen molar-refractivity contribution in [2.75, 3.05) is 6.61 Å².